The fraction of sp³-hybridized carbons (Fsp3) is 0.0217. The van der Waals surface area contributed by atoms with Crippen molar-refractivity contribution in [3.8, 4) is 39.1 Å². The van der Waals surface area contributed by atoms with E-state index in [-0.39, 0.29) is 5.82 Å². The second kappa shape index (κ2) is 11.5. The van der Waals surface area contributed by atoms with Gasteiger partial charge in [0.15, 0.2) is 19.4 Å². The van der Waals surface area contributed by atoms with Gasteiger partial charge in [-0.1, -0.05) is 115 Å². The van der Waals surface area contributed by atoms with E-state index in [1.165, 1.54) is 0 Å². The molecule has 10 rings (SSSR count). The number of benzene rings is 8. The van der Waals surface area contributed by atoms with Gasteiger partial charge in [0.1, 0.15) is 11.2 Å². The normalized spacial score (nSPS) is 12.1. The number of furan rings is 1. The minimum absolute atomic E-state index is 0.0579. The molecule has 0 aliphatic carbocycles. The molecule has 6 heteroatoms. The third kappa shape index (κ3) is 4.77. The molecule has 0 atom stereocenters. The van der Waals surface area contributed by atoms with Crippen molar-refractivity contribution in [2.75, 3.05) is 0 Å². The smallest absolute Gasteiger partial charge is 0.171 e. The van der Waals surface area contributed by atoms with Crippen molar-refractivity contribution in [1.82, 2.24) is 9.55 Å². The van der Waals surface area contributed by atoms with Gasteiger partial charge in [0.2, 0.25) is 0 Å². The van der Waals surface area contributed by atoms with Crippen LogP contribution in [0.15, 0.2) is 168 Å². The van der Waals surface area contributed by atoms with Gasteiger partial charge >= 0.3 is 0 Å². The first-order chi connectivity index (χ1) is 25.4. The minimum atomic E-state index is -2.62. The topological polar surface area (TPSA) is 71.4 Å². The molecule has 2 radical (unpaired) electrons. The van der Waals surface area contributed by atoms with E-state index in [4.69, 9.17) is 12.3 Å². The quantitative estimate of drug-likeness (QED) is 0.109. The van der Waals surface area contributed by atoms with Gasteiger partial charge in [-0.15, -0.1) is 0 Å². The highest BCUT2D eigenvalue weighted by Crippen LogP contribution is 2.46. The van der Waals surface area contributed by atoms with Gasteiger partial charge in [-0.25, -0.2) is 4.98 Å². The van der Waals surface area contributed by atoms with E-state index in [0.717, 1.165) is 82.4 Å². The molecule has 2 N–H and O–H groups in total. The minimum Gasteiger partial charge on any atom is -0.456 e. The van der Waals surface area contributed by atoms with E-state index in [9.17, 15) is 10.2 Å². The molecule has 0 aliphatic heterocycles. The molecule has 0 bridgehead atoms. The van der Waals surface area contributed by atoms with Gasteiger partial charge in [-0.3, -0.25) is 4.57 Å². The SMILES string of the molecule is [B]C(O)(O)c1nc2ccccc2n1-c1ccc(-c2c3ccccc3c(-c3ccc4oc5ccccc5c4c3)c3cc(-c4ccccc4)ccc23)cc1. The van der Waals surface area contributed by atoms with Crippen LogP contribution in [0.4, 0.5) is 0 Å². The standard InChI is InChI=1S/C46H29BN2O3/c47-46(50,51)45-48-39-15-7-8-16-40(39)49(45)32-22-18-29(19-23-32)43-34-13-4-5-14-35(34)44(38-26-30(20-24-36(38)43)28-10-2-1-3-11-28)31-21-25-42-37(27-31)33-12-6-9-17-41(33)52-42/h1-27,50-51H. The first-order valence-corrected chi connectivity index (χ1v) is 17.2. The number of aromatic nitrogens is 2. The Kier molecular flexibility index (Phi) is 6.74. The van der Waals surface area contributed by atoms with Crippen molar-refractivity contribution < 1.29 is 14.6 Å². The Balaban J connectivity index is 1.23. The molecular weight excluding hydrogens is 639 g/mol. The van der Waals surface area contributed by atoms with Crippen molar-refractivity contribution in [2.24, 2.45) is 0 Å². The van der Waals surface area contributed by atoms with Crippen LogP contribution in [-0.2, 0) is 5.69 Å². The van der Waals surface area contributed by atoms with Crippen LogP contribution >= 0.6 is 0 Å². The van der Waals surface area contributed by atoms with Crippen molar-refractivity contribution >= 4 is 62.4 Å². The van der Waals surface area contributed by atoms with E-state index in [1.807, 2.05) is 54.6 Å². The van der Waals surface area contributed by atoms with Crippen LogP contribution in [0.5, 0.6) is 0 Å². The first-order valence-electron chi connectivity index (χ1n) is 17.2. The van der Waals surface area contributed by atoms with Gasteiger partial charge in [0.05, 0.1) is 11.0 Å². The summed E-state index contributed by atoms with van der Waals surface area (Å²) in [5, 5.41) is 27.7. The van der Waals surface area contributed by atoms with Crippen molar-refractivity contribution in [2.45, 2.75) is 5.69 Å². The molecule has 2 aromatic heterocycles. The molecule has 10 aromatic rings. The number of imidazole rings is 1. The van der Waals surface area contributed by atoms with Gasteiger partial charge in [-0.2, -0.15) is 0 Å². The van der Waals surface area contributed by atoms with Crippen LogP contribution in [-0.4, -0.2) is 27.6 Å². The molecule has 0 spiro atoms. The van der Waals surface area contributed by atoms with Crippen molar-refractivity contribution in [1.29, 1.82) is 0 Å². The van der Waals surface area contributed by atoms with E-state index < -0.39 is 5.69 Å². The zero-order valence-corrected chi connectivity index (χ0v) is 27.9. The Morgan fingerprint density at radius 3 is 1.83 bits per heavy atom. The molecule has 2 heterocycles. The molecule has 0 saturated carbocycles. The highest BCUT2D eigenvalue weighted by Gasteiger charge is 2.27. The van der Waals surface area contributed by atoms with E-state index in [1.54, 1.807) is 4.57 Å². The van der Waals surface area contributed by atoms with Gasteiger partial charge in [-0.05, 0) is 103 Å². The fourth-order valence-corrected chi connectivity index (χ4v) is 7.80. The molecule has 244 valence electrons. The van der Waals surface area contributed by atoms with Gasteiger partial charge in [0.25, 0.3) is 0 Å². The number of fused-ring (bicyclic) bond motifs is 6. The van der Waals surface area contributed by atoms with Crippen LogP contribution in [0.3, 0.4) is 0 Å². The average Bonchev–Trinajstić information content (AvgIpc) is 3.76. The molecule has 5 nitrogen and oxygen atoms in total. The Morgan fingerprint density at radius 1 is 0.481 bits per heavy atom. The molecule has 0 fully saturated rings. The number of rotatable bonds is 5. The van der Waals surface area contributed by atoms with Crippen molar-refractivity contribution in [3.63, 3.8) is 0 Å². The predicted molar refractivity (Wildman–Crippen MR) is 212 cm³/mol. The molecule has 0 amide bonds. The van der Waals surface area contributed by atoms with Crippen LogP contribution in [0, 0.1) is 0 Å². The summed E-state index contributed by atoms with van der Waals surface area (Å²) in [4.78, 5) is 4.46. The second-order valence-electron chi connectivity index (χ2n) is 13.3. The number of hydrogen-bond donors (Lipinski definition) is 2. The van der Waals surface area contributed by atoms with Gasteiger partial charge < -0.3 is 14.6 Å². The third-order valence-electron chi connectivity index (χ3n) is 10.1. The largest absolute Gasteiger partial charge is 0.456 e. The monoisotopic (exact) mass is 668 g/mol. The number of aliphatic hydroxyl groups is 2. The lowest BCUT2D eigenvalue weighted by atomic mass is 9.84. The Hall–Kier alpha value is -6.47. The van der Waals surface area contributed by atoms with Crippen molar-refractivity contribution in [3.05, 3.63) is 170 Å². The molecular formula is C46H29BN2O3. The summed E-state index contributed by atoms with van der Waals surface area (Å²) in [6, 6.07) is 56.1. The summed E-state index contributed by atoms with van der Waals surface area (Å²) in [5.41, 5.74) is 7.87. The lowest BCUT2D eigenvalue weighted by Crippen LogP contribution is -2.29. The lowest BCUT2D eigenvalue weighted by molar-refractivity contribution is -0.0985. The Morgan fingerprint density at radius 2 is 1.06 bits per heavy atom. The van der Waals surface area contributed by atoms with E-state index in [2.05, 4.69) is 114 Å². The number of nitrogens with zero attached hydrogens (tertiary/aromatic N) is 2. The maximum absolute atomic E-state index is 10.5. The summed E-state index contributed by atoms with van der Waals surface area (Å²) in [6.45, 7) is 0. The average molecular weight is 669 g/mol. The zero-order chi connectivity index (χ0) is 35.0. The molecule has 0 saturated heterocycles. The third-order valence-corrected chi connectivity index (χ3v) is 10.1. The van der Waals surface area contributed by atoms with Crippen LogP contribution in [0.2, 0.25) is 0 Å². The fourth-order valence-electron chi connectivity index (χ4n) is 7.80. The van der Waals surface area contributed by atoms with Crippen LogP contribution < -0.4 is 0 Å². The maximum atomic E-state index is 10.5. The van der Waals surface area contributed by atoms with Crippen LogP contribution in [0.25, 0.3) is 93.6 Å². The van der Waals surface area contributed by atoms with Gasteiger partial charge in [0, 0.05) is 16.5 Å². The summed E-state index contributed by atoms with van der Waals surface area (Å²) in [6.07, 6.45) is 0. The molecule has 8 aromatic carbocycles. The summed E-state index contributed by atoms with van der Waals surface area (Å²) < 4.78 is 7.91. The Bertz CT molecular complexity index is 2990. The lowest BCUT2D eigenvalue weighted by Gasteiger charge is -2.20. The summed E-state index contributed by atoms with van der Waals surface area (Å²) >= 11 is 0. The number of para-hydroxylation sites is 3. The molecule has 52 heavy (non-hydrogen) atoms. The number of hydrogen-bond acceptors (Lipinski definition) is 4. The molecule has 0 aliphatic rings. The predicted octanol–water partition coefficient (Wildman–Crippen LogP) is 10.5. The highest BCUT2D eigenvalue weighted by molar-refractivity contribution is 6.22. The highest BCUT2D eigenvalue weighted by atomic mass is 16.5. The van der Waals surface area contributed by atoms with Crippen LogP contribution in [0.1, 0.15) is 5.82 Å². The zero-order valence-electron chi connectivity index (χ0n) is 27.9. The summed E-state index contributed by atoms with van der Waals surface area (Å²) in [5.74, 6) is -0.0579. The summed E-state index contributed by atoms with van der Waals surface area (Å²) in [7, 11) is 5.79. The Labute approximate surface area is 300 Å². The van der Waals surface area contributed by atoms with E-state index >= 15 is 0 Å². The second-order valence-corrected chi connectivity index (χ2v) is 13.3. The van der Waals surface area contributed by atoms with E-state index in [0.29, 0.717) is 11.2 Å². The first kappa shape index (κ1) is 30.4. The maximum Gasteiger partial charge on any atom is 0.171 e. The molecule has 0 unspecified atom stereocenters.